The summed E-state index contributed by atoms with van der Waals surface area (Å²) in [5.74, 6) is 0. The molecule has 2 heteroatoms. The zero-order chi connectivity index (χ0) is 8.15. The molecule has 10 heavy (non-hydrogen) atoms. The first kappa shape index (κ1) is 9.50. The van der Waals surface area contributed by atoms with E-state index in [1.807, 2.05) is 20.8 Å². The van der Waals surface area contributed by atoms with Crippen molar-refractivity contribution in [3.8, 4) is 0 Å². The second-order valence-corrected chi connectivity index (χ2v) is 2.86. The molecular formula is C8H17NO. The zero-order valence-corrected chi connectivity index (χ0v) is 7.05. The number of ether oxygens (including phenoxy) is 1. The largest absolute Gasteiger partial charge is 0.402 e. The normalized spacial score (nSPS) is 13.6. The Kier molecular flexibility index (Phi) is 4.12. The lowest BCUT2D eigenvalue weighted by Gasteiger charge is -2.15. The molecule has 0 saturated carbocycles. The molecular weight excluding hydrogens is 126 g/mol. The average Bonchev–Trinajstić information content (AvgIpc) is 1.58. The maximum absolute atomic E-state index is 5.42. The van der Waals surface area contributed by atoms with E-state index in [9.17, 15) is 0 Å². The van der Waals surface area contributed by atoms with Crippen molar-refractivity contribution in [1.29, 1.82) is 0 Å². The van der Waals surface area contributed by atoms with E-state index >= 15 is 0 Å². The lowest BCUT2D eigenvalue weighted by atomic mass is 10.2. The van der Waals surface area contributed by atoms with Crippen LogP contribution >= 0.6 is 0 Å². The van der Waals surface area contributed by atoms with Gasteiger partial charge in [0, 0.05) is 12.1 Å². The summed E-state index contributed by atoms with van der Waals surface area (Å²) >= 11 is 0. The molecule has 2 N–H and O–H groups in total. The van der Waals surface area contributed by atoms with Gasteiger partial charge < -0.3 is 10.5 Å². The third kappa shape index (κ3) is 5.63. The Morgan fingerprint density at radius 3 is 2.30 bits per heavy atom. The van der Waals surface area contributed by atoms with Crippen molar-refractivity contribution >= 4 is 0 Å². The molecule has 0 heterocycles. The van der Waals surface area contributed by atoms with Gasteiger partial charge >= 0.3 is 0 Å². The quantitative estimate of drug-likeness (QED) is 0.649. The third-order valence-corrected chi connectivity index (χ3v) is 1.05. The lowest BCUT2D eigenvalue weighted by Crippen LogP contribution is -2.16. The second kappa shape index (κ2) is 4.34. The molecule has 0 spiro atoms. The minimum absolute atomic E-state index is 0.192. The zero-order valence-electron chi connectivity index (χ0n) is 7.05. The minimum atomic E-state index is 0.192. The molecule has 0 radical (unpaired) electrons. The molecule has 2 nitrogen and oxygen atoms in total. The molecule has 1 unspecified atom stereocenters. The number of hydrogen-bond donors (Lipinski definition) is 1. The van der Waals surface area contributed by atoms with Crippen molar-refractivity contribution in [2.45, 2.75) is 39.4 Å². The van der Waals surface area contributed by atoms with Gasteiger partial charge in [0.25, 0.3) is 0 Å². The van der Waals surface area contributed by atoms with E-state index in [0.29, 0.717) is 5.70 Å². The first-order valence-corrected chi connectivity index (χ1v) is 3.61. The number of nitrogens with two attached hydrogens (primary N) is 1. The van der Waals surface area contributed by atoms with Crippen LogP contribution in [0.5, 0.6) is 0 Å². The van der Waals surface area contributed by atoms with Gasteiger partial charge in [-0.05, 0) is 20.8 Å². The third-order valence-electron chi connectivity index (χ3n) is 1.05. The monoisotopic (exact) mass is 143 g/mol. The first-order valence-electron chi connectivity index (χ1n) is 3.61. The fraction of sp³-hybridized carbons (Fsp3) is 0.750. The van der Waals surface area contributed by atoms with E-state index < -0.39 is 0 Å². The summed E-state index contributed by atoms with van der Waals surface area (Å²) in [6.07, 6.45) is 1.21. The molecule has 0 aromatic carbocycles. The average molecular weight is 143 g/mol. The maximum Gasteiger partial charge on any atom is 0.0604 e. The Morgan fingerprint density at radius 2 is 2.00 bits per heavy atom. The van der Waals surface area contributed by atoms with Gasteiger partial charge in [-0.1, -0.05) is 6.58 Å². The molecule has 0 bridgehead atoms. The van der Waals surface area contributed by atoms with Gasteiger partial charge in [-0.2, -0.15) is 0 Å². The molecule has 0 aliphatic rings. The van der Waals surface area contributed by atoms with Crippen molar-refractivity contribution in [3.63, 3.8) is 0 Å². The molecule has 0 rings (SSSR count). The highest BCUT2D eigenvalue weighted by Gasteiger charge is 2.03. The van der Waals surface area contributed by atoms with Crippen LogP contribution in [0.2, 0.25) is 0 Å². The van der Waals surface area contributed by atoms with E-state index in [4.69, 9.17) is 10.5 Å². The van der Waals surface area contributed by atoms with Crippen molar-refractivity contribution in [2.75, 3.05) is 0 Å². The SMILES string of the molecule is C=C(N)CC(C)OC(C)C. The molecule has 0 aromatic rings. The summed E-state index contributed by atoms with van der Waals surface area (Å²) in [5, 5.41) is 0. The summed E-state index contributed by atoms with van der Waals surface area (Å²) in [5.41, 5.74) is 6.08. The van der Waals surface area contributed by atoms with Gasteiger partial charge in [-0.3, -0.25) is 0 Å². The van der Waals surface area contributed by atoms with E-state index in [2.05, 4.69) is 6.58 Å². The van der Waals surface area contributed by atoms with Gasteiger partial charge in [0.05, 0.1) is 12.2 Å². The van der Waals surface area contributed by atoms with E-state index in [1.54, 1.807) is 0 Å². The van der Waals surface area contributed by atoms with Gasteiger partial charge in [0.1, 0.15) is 0 Å². The standard InChI is InChI=1S/C8H17NO/c1-6(2)10-8(4)5-7(3)9/h6,8H,3,5,9H2,1-2,4H3. The van der Waals surface area contributed by atoms with Gasteiger partial charge in [0.15, 0.2) is 0 Å². The Hall–Kier alpha value is -0.500. The fourth-order valence-corrected chi connectivity index (χ4v) is 0.882. The van der Waals surface area contributed by atoms with Crippen LogP contribution in [0.25, 0.3) is 0 Å². The Bertz CT molecular complexity index is 110. The smallest absolute Gasteiger partial charge is 0.0604 e. The predicted octanol–water partition coefficient (Wildman–Crippen LogP) is 1.66. The molecule has 60 valence electrons. The summed E-state index contributed by atoms with van der Waals surface area (Å²) in [6, 6.07) is 0. The predicted molar refractivity (Wildman–Crippen MR) is 43.6 cm³/mol. The van der Waals surface area contributed by atoms with Crippen LogP contribution in [-0.2, 0) is 4.74 Å². The van der Waals surface area contributed by atoms with Gasteiger partial charge in [-0.25, -0.2) is 0 Å². The summed E-state index contributed by atoms with van der Waals surface area (Å²) < 4.78 is 5.42. The van der Waals surface area contributed by atoms with Gasteiger partial charge in [0.2, 0.25) is 0 Å². The van der Waals surface area contributed by atoms with Crippen LogP contribution in [-0.4, -0.2) is 12.2 Å². The molecule has 0 saturated heterocycles. The van der Waals surface area contributed by atoms with Crippen LogP contribution in [0, 0.1) is 0 Å². The van der Waals surface area contributed by atoms with Crippen molar-refractivity contribution < 1.29 is 4.74 Å². The van der Waals surface area contributed by atoms with Crippen molar-refractivity contribution in [2.24, 2.45) is 5.73 Å². The van der Waals surface area contributed by atoms with Crippen molar-refractivity contribution in [1.82, 2.24) is 0 Å². The fourth-order valence-electron chi connectivity index (χ4n) is 0.882. The topological polar surface area (TPSA) is 35.2 Å². The molecule has 0 aromatic heterocycles. The van der Waals surface area contributed by atoms with Crippen LogP contribution in [0.4, 0.5) is 0 Å². The van der Waals surface area contributed by atoms with Crippen LogP contribution in [0.3, 0.4) is 0 Å². The maximum atomic E-state index is 5.42. The van der Waals surface area contributed by atoms with E-state index in [0.717, 1.165) is 6.42 Å². The first-order chi connectivity index (χ1) is 4.52. The minimum Gasteiger partial charge on any atom is -0.402 e. The Morgan fingerprint density at radius 1 is 1.50 bits per heavy atom. The lowest BCUT2D eigenvalue weighted by molar-refractivity contribution is 0.0194. The highest BCUT2D eigenvalue weighted by atomic mass is 16.5. The number of rotatable bonds is 4. The van der Waals surface area contributed by atoms with E-state index in [-0.39, 0.29) is 12.2 Å². The molecule has 0 aliphatic carbocycles. The Balaban J connectivity index is 3.43. The van der Waals surface area contributed by atoms with Crippen LogP contribution in [0.15, 0.2) is 12.3 Å². The summed E-state index contributed by atoms with van der Waals surface area (Å²) in [4.78, 5) is 0. The molecule has 0 amide bonds. The highest BCUT2D eigenvalue weighted by molar-refractivity contribution is 4.87. The van der Waals surface area contributed by atoms with Gasteiger partial charge in [-0.15, -0.1) is 0 Å². The summed E-state index contributed by atoms with van der Waals surface area (Å²) in [6.45, 7) is 9.62. The highest BCUT2D eigenvalue weighted by Crippen LogP contribution is 2.04. The molecule has 0 fully saturated rings. The van der Waals surface area contributed by atoms with Crippen LogP contribution < -0.4 is 5.73 Å². The van der Waals surface area contributed by atoms with Crippen LogP contribution in [0.1, 0.15) is 27.2 Å². The second-order valence-electron chi connectivity index (χ2n) is 2.86. The van der Waals surface area contributed by atoms with E-state index in [1.165, 1.54) is 0 Å². The molecule has 1 atom stereocenters. The summed E-state index contributed by atoms with van der Waals surface area (Å²) in [7, 11) is 0. The molecule has 0 aliphatic heterocycles. The number of hydrogen-bond acceptors (Lipinski definition) is 2. The van der Waals surface area contributed by atoms with Crippen molar-refractivity contribution in [3.05, 3.63) is 12.3 Å². The Labute approximate surface area is 63.1 Å².